The molecule has 126 valence electrons. The molecule has 0 saturated carbocycles. The van der Waals surface area contributed by atoms with E-state index in [9.17, 15) is 9.90 Å². The highest BCUT2D eigenvalue weighted by Crippen LogP contribution is 2.16. The maximum atomic E-state index is 12.2. The Labute approximate surface area is 141 Å². The van der Waals surface area contributed by atoms with Gasteiger partial charge in [-0.2, -0.15) is 0 Å². The van der Waals surface area contributed by atoms with Crippen LogP contribution in [-0.4, -0.2) is 58.2 Å². The number of aliphatic hydroxyl groups is 1. The summed E-state index contributed by atoms with van der Waals surface area (Å²) >= 11 is 0. The molecule has 2 heterocycles. The summed E-state index contributed by atoms with van der Waals surface area (Å²) in [5, 5.41) is 12.8. The van der Waals surface area contributed by atoms with Crippen molar-refractivity contribution in [2.24, 2.45) is 0 Å². The average Bonchev–Trinajstić information content (AvgIpc) is 3.13. The Hall–Kier alpha value is -2.31. The van der Waals surface area contributed by atoms with Gasteiger partial charge in [-0.3, -0.25) is 14.8 Å². The number of carbonyl (C=O) groups excluding carboxylic acids is 1. The van der Waals surface area contributed by atoms with Crippen molar-refractivity contribution < 1.29 is 9.90 Å². The molecule has 0 radical (unpaired) electrons. The minimum Gasteiger partial charge on any atom is -0.390 e. The first-order valence-corrected chi connectivity index (χ1v) is 8.27. The number of carbonyl (C=O) groups is 1. The van der Waals surface area contributed by atoms with Crippen molar-refractivity contribution in [1.82, 2.24) is 20.2 Å². The first-order chi connectivity index (χ1) is 11.7. The van der Waals surface area contributed by atoms with Crippen LogP contribution < -0.4 is 5.32 Å². The molecule has 1 fully saturated rings. The zero-order valence-corrected chi connectivity index (χ0v) is 13.6. The van der Waals surface area contributed by atoms with Crippen LogP contribution in [0.4, 0.5) is 0 Å². The number of aliphatic hydroxyl groups excluding tert-OH is 1. The molecule has 1 atom stereocenters. The van der Waals surface area contributed by atoms with Crippen LogP contribution in [-0.2, 0) is 0 Å². The molecule has 6 heteroatoms. The summed E-state index contributed by atoms with van der Waals surface area (Å²) in [4.78, 5) is 22.7. The second-order valence-corrected chi connectivity index (χ2v) is 6.04. The van der Waals surface area contributed by atoms with E-state index >= 15 is 0 Å². The maximum absolute atomic E-state index is 12.2. The van der Waals surface area contributed by atoms with Crippen LogP contribution in [0, 0.1) is 0 Å². The van der Waals surface area contributed by atoms with Gasteiger partial charge in [0.05, 0.1) is 18.0 Å². The van der Waals surface area contributed by atoms with E-state index in [4.69, 9.17) is 0 Å². The monoisotopic (exact) mass is 326 g/mol. The van der Waals surface area contributed by atoms with Gasteiger partial charge in [0.1, 0.15) is 0 Å². The van der Waals surface area contributed by atoms with E-state index in [1.807, 2.05) is 12.1 Å². The van der Waals surface area contributed by atoms with Gasteiger partial charge in [-0.1, -0.05) is 12.1 Å². The summed E-state index contributed by atoms with van der Waals surface area (Å²) in [5.41, 5.74) is 2.25. The highest BCUT2D eigenvalue weighted by atomic mass is 16.3. The van der Waals surface area contributed by atoms with Crippen molar-refractivity contribution in [3.8, 4) is 11.3 Å². The fraction of sp³-hybridized carbons (Fsp3) is 0.389. The van der Waals surface area contributed by atoms with E-state index in [-0.39, 0.29) is 12.5 Å². The predicted molar refractivity (Wildman–Crippen MR) is 91.5 cm³/mol. The number of nitrogens with one attached hydrogen (secondary N) is 1. The molecule has 2 aromatic rings. The molecule has 2 N–H and O–H groups in total. The van der Waals surface area contributed by atoms with Crippen LogP contribution >= 0.6 is 0 Å². The molecule has 3 rings (SSSR count). The van der Waals surface area contributed by atoms with E-state index in [1.54, 1.807) is 30.7 Å². The summed E-state index contributed by atoms with van der Waals surface area (Å²) < 4.78 is 0. The van der Waals surface area contributed by atoms with Gasteiger partial charge in [-0.05, 0) is 38.1 Å². The van der Waals surface area contributed by atoms with Gasteiger partial charge in [0.2, 0.25) is 0 Å². The average molecular weight is 326 g/mol. The lowest BCUT2D eigenvalue weighted by molar-refractivity contribution is 0.0879. The number of amides is 1. The number of β-amino-alcohol motifs (C(OH)–C–C–N with tert-alkyl or cyclic N) is 1. The molecule has 0 spiro atoms. The van der Waals surface area contributed by atoms with Crippen LogP contribution in [0.2, 0.25) is 0 Å². The molecule has 1 amide bonds. The molecule has 1 aliphatic rings. The SMILES string of the molecule is O=C(NC[C@H](O)CN1CCCC1)c1ccc(-c2cnccn2)cc1. The van der Waals surface area contributed by atoms with Crippen LogP contribution in [0.1, 0.15) is 23.2 Å². The number of likely N-dealkylation sites (tertiary alicyclic amines) is 1. The van der Waals surface area contributed by atoms with Gasteiger partial charge in [-0.15, -0.1) is 0 Å². The topological polar surface area (TPSA) is 78.4 Å². The minimum absolute atomic E-state index is 0.179. The fourth-order valence-electron chi connectivity index (χ4n) is 2.88. The molecule has 0 aliphatic carbocycles. The number of nitrogens with zero attached hydrogens (tertiary/aromatic N) is 3. The third-order valence-electron chi connectivity index (χ3n) is 4.17. The second kappa shape index (κ2) is 7.99. The van der Waals surface area contributed by atoms with Crippen molar-refractivity contribution in [1.29, 1.82) is 0 Å². The molecular formula is C18H22N4O2. The third kappa shape index (κ3) is 4.37. The van der Waals surface area contributed by atoms with Gasteiger partial charge in [0, 0.05) is 36.6 Å². The van der Waals surface area contributed by atoms with E-state index in [1.165, 1.54) is 12.8 Å². The molecule has 0 unspecified atom stereocenters. The molecule has 1 aliphatic heterocycles. The Bertz CT molecular complexity index is 654. The number of aromatic nitrogens is 2. The lowest BCUT2D eigenvalue weighted by atomic mass is 10.1. The first kappa shape index (κ1) is 16.5. The Kier molecular flexibility index (Phi) is 5.51. The van der Waals surface area contributed by atoms with Crippen molar-refractivity contribution in [2.45, 2.75) is 18.9 Å². The highest BCUT2D eigenvalue weighted by molar-refractivity contribution is 5.94. The van der Waals surface area contributed by atoms with E-state index in [0.29, 0.717) is 12.1 Å². The molecular weight excluding hydrogens is 304 g/mol. The minimum atomic E-state index is -0.536. The smallest absolute Gasteiger partial charge is 0.251 e. The van der Waals surface area contributed by atoms with Crippen LogP contribution in [0.15, 0.2) is 42.9 Å². The Balaban J connectivity index is 1.51. The summed E-state index contributed by atoms with van der Waals surface area (Å²) in [7, 11) is 0. The largest absolute Gasteiger partial charge is 0.390 e. The number of hydrogen-bond acceptors (Lipinski definition) is 5. The summed E-state index contributed by atoms with van der Waals surface area (Å²) in [6.07, 6.45) is 6.79. The molecule has 6 nitrogen and oxygen atoms in total. The standard InChI is InChI=1S/C18H22N4O2/c23-16(13-22-9-1-2-10-22)11-21-18(24)15-5-3-14(4-6-15)17-12-19-7-8-20-17/h3-8,12,16,23H,1-2,9-11,13H2,(H,21,24)/t16-/m0/s1. The lowest BCUT2D eigenvalue weighted by Crippen LogP contribution is -2.39. The second-order valence-electron chi connectivity index (χ2n) is 6.04. The van der Waals surface area contributed by atoms with Crippen LogP contribution in [0.3, 0.4) is 0 Å². The zero-order chi connectivity index (χ0) is 16.8. The molecule has 0 bridgehead atoms. The van der Waals surface area contributed by atoms with Crippen molar-refractivity contribution in [2.75, 3.05) is 26.2 Å². The fourth-order valence-corrected chi connectivity index (χ4v) is 2.88. The Morgan fingerprint density at radius 1 is 1.21 bits per heavy atom. The zero-order valence-electron chi connectivity index (χ0n) is 13.6. The third-order valence-corrected chi connectivity index (χ3v) is 4.17. The van der Waals surface area contributed by atoms with Gasteiger partial charge in [-0.25, -0.2) is 0 Å². The van der Waals surface area contributed by atoms with Gasteiger partial charge < -0.3 is 15.3 Å². The Morgan fingerprint density at radius 3 is 2.62 bits per heavy atom. The van der Waals surface area contributed by atoms with E-state index in [0.717, 1.165) is 24.3 Å². The summed E-state index contributed by atoms with van der Waals surface area (Å²) in [6, 6.07) is 7.21. The van der Waals surface area contributed by atoms with Crippen molar-refractivity contribution in [3.63, 3.8) is 0 Å². The normalized spacial score (nSPS) is 16.0. The van der Waals surface area contributed by atoms with Crippen LogP contribution in [0.5, 0.6) is 0 Å². The maximum Gasteiger partial charge on any atom is 0.251 e. The lowest BCUT2D eigenvalue weighted by Gasteiger charge is -2.19. The van der Waals surface area contributed by atoms with E-state index < -0.39 is 6.10 Å². The van der Waals surface area contributed by atoms with Gasteiger partial charge in [0.25, 0.3) is 5.91 Å². The van der Waals surface area contributed by atoms with Crippen molar-refractivity contribution in [3.05, 3.63) is 48.4 Å². The quantitative estimate of drug-likeness (QED) is 0.837. The van der Waals surface area contributed by atoms with E-state index in [2.05, 4.69) is 20.2 Å². The Morgan fingerprint density at radius 2 is 1.96 bits per heavy atom. The molecule has 1 saturated heterocycles. The summed E-state index contributed by atoms with van der Waals surface area (Å²) in [6.45, 7) is 2.96. The van der Waals surface area contributed by atoms with Crippen molar-refractivity contribution >= 4 is 5.91 Å². The summed E-state index contributed by atoms with van der Waals surface area (Å²) in [5.74, 6) is -0.179. The number of hydrogen-bond donors (Lipinski definition) is 2. The number of benzene rings is 1. The number of rotatable bonds is 6. The van der Waals surface area contributed by atoms with Gasteiger partial charge in [0.15, 0.2) is 0 Å². The van der Waals surface area contributed by atoms with Gasteiger partial charge >= 0.3 is 0 Å². The molecule has 1 aromatic carbocycles. The van der Waals surface area contributed by atoms with Crippen LogP contribution in [0.25, 0.3) is 11.3 Å². The molecule has 1 aromatic heterocycles. The highest BCUT2D eigenvalue weighted by Gasteiger charge is 2.16. The molecule has 24 heavy (non-hydrogen) atoms. The predicted octanol–water partition coefficient (Wildman–Crippen LogP) is 1.33. The first-order valence-electron chi connectivity index (χ1n) is 8.27.